The highest BCUT2D eigenvalue weighted by Crippen LogP contribution is 2.10. The number of aromatic nitrogens is 1. The van der Waals surface area contributed by atoms with E-state index in [2.05, 4.69) is 9.68 Å². The summed E-state index contributed by atoms with van der Waals surface area (Å²) in [5.41, 5.74) is -0.284. The van der Waals surface area contributed by atoms with Crippen molar-refractivity contribution in [2.45, 2.75) is 0 Å². The molecule has 3 nitrogen and oxygen atoms in total. The van der Waals surface area contributed by atoms with E-state index in [-0.39, 0.29) is 5.39 Å². The van der Waals surface area contributed by atoms with Crippen LogP contribution in [-0.2, 0) is 0 Å². The largest absolute Gasteiger partial charge is 0.367 e. The topological polar surface area (TPSA) is 46.0 Å². The van der Waals surface area contributed by atoms with Crippen LogP contribution < -0.4 is 5.63 Å². The molecule has 0 radical (unpaired) electrons. The normalized spacial score (nSPS) is 10.6. The molecule has 0 saturated heterocycles. The Kier molecular flexibility index (Phi) is 1.09. The van der Waals surface area contributed by atoms with Gasteiger partial charge in [0.2, 0.25) is 0 Å². The molecule has 0 unspecified atom stereocenters. The van der Waals surface area contributed by atoms with Crippen molar-refractivity contribution >= 4 is 10.9 Å². The van der Waals surface area contributed by atoms with Crippen molar-refractivity contribution in [2.75, 3.05) is 0 Å². The van der Waals surface area contributed by atoms with E-state index in [1.54, 1.807) is 6.07 Å². The van der Waals surface area contributed by atoms with Crippen LogP contribution in [0.4, 0.5) is 4.39 Å². The number of hydrogen-bond donors (Lipinski definition) is 1. The fourth-order valence-corrected chi connectivity index (χ4v) is 0.969. The summed E-state index contributed by atoms with van der Waals surface area (Å²) in [5.74, 6) is -0.558. The summed E-state index contributed by atoms with van der Waals surface area (Å²) in [5, 5.41) is 2.28. The number of fused-ring (bicyclic) bond motifs is 1. The van der Waals surface area contributed by atoms with Gasteiger partial charge in [-0.05, 0) is 12.1 Å². The highest BCUT2D eigenvalue weighted by molar-refractivity contribution is 5.77. The molecule has 0 atom stereocenters. The third-order valence-electron chi connectivity index (χ3n) is 1.47. The van der Waals surface area contributed by atoms with Crippen LogP contribution in [0.5, 0.6) is 0 Å². The minimum atomic E-state index is -0.668. The van der Waals surface area contributed by atoms with Gasteiger partial charge in [-0.3, -0.25) is 0 Å². The lowest BCUT2D eigenvalue weighted by atomic mass is 10.2. The molecule has 1 N–H and O–H groups in total. The number of nitrogens with one attached hydrogen (secondary N) is 1. The van der Waals surface area contributed by atoms with Crippen LogP contribution in [0.2, 0.25) is 0 Å². The Morgan fingerprint density at radius 1 is 1.45 bits per heavy atom. The maximum Gasteiger partial charge on any atom is 0.367 e. The van der Waals surface area contributed by atoms with Crippen molar-refractivity contribution in [1.82, 2.24) is 5.16 Å². The molecule has 0 spiro atoms. The van der Waals surface area contributed by atoms with E-state index in [9.17, 15) is 9.18 Å². The first-order chi connectivity index (χ1) is 5.29. The van der Waals surface area contributed by atoms with Crippen LogP contribution >= 0.6 is 0 Å². The van der Waals surface area contributed by atoms with Gasteiger partial charge >= 0.3 is 5.63 Å². The molecule has 2 rings (SSSR count). The van der Waals surface area contributed by atoms with Gasteiger partial charge in [-0.25, -0.2) is 14.3 Å². The summed E-state index contributed by atoms with van der Waals surface area (Å²) < 4.78 is 17.2. The second kappa shape index (κ2) is 1.95. The first kappa shape index (κ1) is 6.15. The summed E-state index contributed by atoms with van der Waals surface area (Å²) in [7, 11) is 0. The smallest absolute Gasteiger partial charge is 0.338 e. The van der Waals surface area contributed by atoms with Gasteiger partial charge in [-0.2, -0.15) is 0 Å². The third kappa shape index (κ3) is 0.756. The molecule has 0 fully saturated rings. The molecule has 0 aliphatic carbocycles. The Morgan fingerprint density at radius 3 is 3.00 bits per heavy atom. The molecule has 1 aromatic carbocycles. The predicted molar refractivity (Wildman–Crippen MR) is 36.8 cm³/mol. The Hall–Kier alpha value is -1.58. The fraction of sp³-hybridized carbons (Fsp3) is 0. The third-order valence-corrected chi connectivity index (χ3v) is 1.47. The zero-order chi connectivity index (χ0) is 7.84. The molecule has 0 aliphatic heterocycles. The fourth-order valence-electron chi connectivity index (χ4n) is 0.969. The Morgan fingerprint density at radius 2 is 2.27 bits per heavy atom. The molecule has 0 bridgehead atoms. The minimum Gasteiger partial charge on any atom is -0.338 e. The van der Waals surface area contributed by atoms with Crippen molar-refractivity contribution < 1.29 is 8.91 Å². The lowest BCUT2D eigenvalue weighted by Crippen LogP contribution is -1.93. The number of H-pyrrole nitrogens is 1. The molecule has 0 aliphatic rings. The molecule has 1 aromatic heterocycles. The van der Waals surface area contributed by atoms with Gasteiger partial charge in [-0.15, -0.1) is 0 Å². The number of aromatic amines is 1. The van der Waals surface area contributed by atoms with Crippen molar-refractivity contribution in [3.63, 3.8) is 0 Å². The van der Waals surface area contributed by atoms with Crippen LogP contribution in [0.15, 0.2) is 27.5 Å². The van der Waals surface area contributed by atoms with E-state index >= 15 is 0 Å². The van der Waals surface area contributed by atoms with Crippen molar-refractivity contribution in [3.8, 4) is 0 Å². The maximum absolute atomic E-state index is 12.8. The molecular formula is C7H4FNO2. The monoisotopic (exact) mass is 153 g/mol. The number of halogens is 1. The van der Waals surface area contributed by atoms with Gasteiger partial charge < -0.3 is 4.52 Å². The predicted octanol–water partition coefficient (Wildman–Crippen LogP) is 1.26. The van der Waals surface area contributed by atoms with E-state index in [1.165, 1.54) is 12.1 Å². The Bertz CT molecular complexity index is 443. The van der Waals surface area contributed by atoms with Gasteiger partial charge in [0.15, 0.2) is 0 Å². The van der Waals surface area contributed by atoms with E-state index in [1.807, 2.05) is 0 Å². The second-order valence-electron chi connectivity index (χ2n) is 2.15. The highest BCUT2D eigenvalue weighted by atomic mass is 19.1. The van der Waals surface area contributed by atoms with Gasteiger partial charge in [0.05, 0.1) is 5.52 Å². The van der Waals surface area contributed by atoms with Crippen LogP contribution in [0, 0.1) is 5.82 Å². The zero-order valence-electron chi connectivity index (χ0n) is 5.43. The standard InChI is InChI=1S/C7H4FNO2/c8-4-2-1-3-5-6(4)7(10)11-9-5/h1-3,9H. The molecule has 0 saturated carbocycles. The summed E-state index contributed by atoms with van der Waals surface area (Å²) >= 11 is 0. The second-order valence-corrected chi connectivity index (χ2v) is 2.15. The molecule has 2 aromatic rings. The number of rotatable bonds is 0. The van der Waals surface area contributed by atoms with Crippen LogP contribution in [-0.4, -0.2) is 5.16 Å². The molecule has 11 heavy (non-hydrogen) atoms. The first-order valence-electron chi connectivity index (χ1n) is 3.05. The first-order valence-corrected chi connectivity index (χ1v) is 3.05. The van der Waals surface area contributed by atoms with Crippen LogP contribution in [0.25, 0.3) is 10.9 Å². The molecule has 56 valence electrons. The minimum absolute atomic E-state index is 0.0208. The van der Waals surface area contributed by atoms with Gasteiger partial charge in [0, 0.05) is 0 Å². The maximum atomic E-state index is 12.8. The Labute approximate surface area is 60.4 Å². The van der Waals surface area contributed by atoms with Gasteiger partial charge in [0.1, 0.15) is 11.2 Å². The zero-order valence-corrected chi connectivity index (χ0v) is 5.43. The quantitative estimate of drug-likeness (QED) is 0.619. The van der Waals surface area contributed by atoms with Crippen LogP contribution in [0.3, 0.4) is 0 Å². The average Bonchev–Trinajstić information content (AvgIpc) is 2.34. The summed E-state index contributed by atoms with van der Waals surface area (Å²) in [6, 6.07) is 4.29. The van der Waals surface area contributed by atoms with Crippen LogP contribution in [0.1, 0.15) is 0 Å². The molecule has 1 heterocycles. The van der Waals surface area contributed by atoms with Gasteiger partial charge in [-0.1, -0.05) is 6.07 Å². The van der Waals surface area contributed by atoms with Crippen molar-refractivity contribution in [3.05, 3.63) is 34.4 Å². The van der Waals surface area contributed by atoms with E-state index in [0.717, 1.165) is 0 Å². The SMILES string of the molecule is O=c1o[nH]c2cccc(F)c12. The van der Waals surface area contributed by atoms with Crippen molar-refractivity contribution in [2.24, 2.45) is 0 Å². The summed E-state index contributed by atoms with van der Waals surface area (Å²) in [6.07, 6.45) is 0. The number of hydrogen-bond acceptors (Lipinski definition) is 2. The molecule has 0 amide bonds. The van der Waals surface area contributed by atoms with Crippen molar-refractivity contribution in [1.29, 1.82) is 0 Å². The Balaban J connectivity index is 3.08. The number of benzene rings is 1. The van der Waals surface area contributed by atoms with E-state index in [0.29, 0.717) is 5.52 Å². The highest BCUT2D eigenvalue weighted by Gasteiger charge is 2.06. The summed E-state index contributed by atoms with van der Waals surface area (Å²) in [6.45, 7) is 0. The van der Waals surface area contributed by atoms with E-state index in [4.69, 9.17) is 0 Å². The van der Waals surface area contributed by atoms with E-state index < -0.39 is 11.4 Å². The lowest BCUT2D eigenvalue weighted by molar-refractivity contribution is 0.399. The molecular weight excluding hydrogens is 149 g/mol. The lowest BCUT2D eigenvalue weighted by Gasteiger charge is -1.84. The summed E-state index contributed by atoms with van der Waals surface area (Å²) in [4.78, 5) is 10.8. The van der Waals surface area contributed by atoms with Gasteiger partial charge in [0.25, 0.3) is 0 Å². The molecule has 4 heteroatoms. The average molecular weight is 153 g/mol.